The Balaban J connectivity index is 1.51. The van der Waals surface area contributed by atoms with E-state index in [0.717, 1.165) is 19.6 Å². The van der Waals surface area contributed by atoms with Crippen LogP contribution in [0.3, 0.4) is 0 Å². The lowest BCUT2D eigenvalue weighted by atomic mass is 10.0. The van der Waals surface area contributed by atoms with E-state index >= 15 is 0 Å². The van der Waals surface area contributed by atoms with Crippen LogP contribution in [0.4, 0.5) is 17.3 Å². The molecule has 0 radical (unpaired) electrons. The van der Waals surface area contributed by atoms with E-state index in [0.29, 0.717) is 40.3 Å². The average Bonchev–Trinajstić information content (AvgIpc) is 3.40. The highest BCUT2D eigenvalue weighted by molar-refractivity contribution is 6.03. The zero-order valence-electron chi connectivity index (χ0n) is 21.1. The third-order valence-electron chi connectivity index (χ3n) is 6.80. The Kier molecular flexibility index (Phi) is 7.24. The number of nitrogens with one attached hydrogen (secondary N) is 2. The standard InChI is InChI=1S/C27H30N6O4/c1-36-33(37-2,21-8-4-3-5-9-21)27-29-18-20-17-24(34)30-23-11-10-19(16-22(23)25(20)31-27)26(35)28-12-15-32-13-6-7-14-32/h3-5,8-11,16,18H,6-7,12-15,17H2,1-2H3,(H-,28,29,30,31,34,35)/p+1. The second kappa shape index (κ2) is 10.7. The molecular weight excluding hydrogens is 472 g/mol. The van der Waals surface area contributed by atoms with Crippen molar-refractivity contribution in [2.75, 3.05) is 45.7 Å². The summed E-state index contributed by atoms with van der Waals surface area (Å²) in [6, 6.07) is 14.6. The lowest BCUT2D eigenvalue weighted by Crippen LogP contribution is -2.43. The molecule has 2 amide bonds. The number of amides is 2. The summed E-state index contributed by atoms with van der Waals surface area (Å²) in [6.07, 6.45) is 4.14. The highest BCUT2D eigenvalue weighted by Crippen LogP contribution is 2.38. The van der Waals surface area contributed by atoms with Crippen LogP contribution in [0.25, 0.3) is 11.3 Å². The second-order valence-corrected chi connectivity index (χ2v) is 9.09. The van der Waals surface area contributed by atoms with Gasteiger partial charge in [-0.2, -0.15) is 19.6 Å². The summed E-state index contributed by atoms with van der Waals surface area (Å²) in [5.74, 6) is -0.117. The van der Waals surface area contributed by atoms with Gasteiger partial charge in [-0.3, -0.25) is 9.59 Å². The van der Waals surface area contributed by atoms with Crippen LogP contribution >= 0.6 is 0 Å². The fraction of sp³-hybridized carbons (Fsp3) is 0.333. The molecule has 10 nitrogen and oxygen atoms in total. The molecule has 1 fully saturated rings. The van der Waals surface area contributed by atoms with Gasteiger partial charge in [-0.15, -0.1) is 0 Å². The first-order valence-electron chi connectivity index (χ1n) is 12.4. The van der Waals surface area contributed by atoms with E-state index < -0.39 is 4.81 Å². The number of anilines is 1. The number of aromatic nitrogens is 2. The van der Waals surface area contributed by atoms with Gasteiger partial charge in [0.2, 0.25) is 11.6 Å². The van der Waals surface area contributed by atoms with Crippen molar-refractivity contribution in [3.8, 4) is 11.3 Å². The predicted octanol–water partition coefficient (Wildman–Crippen LogP) is 3.23. The van der Waals surface area contributed by atoms with Crippen molar-refractivity contribution in [3.63, 3.8) is 0 Å². The van der Waals surface area contributed by atoms with Crippen LogP contribution in [0.5, 0.6) is 0 Å². The molecule has 3 aromatic rings. The fourth-order valence-corrected chi connectivity index (χ4v) is 4.88. The van der Waals surface area contributed by atoms with E-state index in [2.05, 4.69) is 20.5 Å². The minimum absolute atomic E-state index is 0.104. The summed E-state index contributed by atoms with van der Waals surface area (Å²) in [5.41, 5.74) is 3.55. The van der Waals surface area contributed by atoms with Gasteiger partial charge in [0.15, 0.2) is 0 Å². The lowest BCUT2D eigenvalue weighted by Gasteiger charge is -2.26. The molecule has 0 spiro atoms. The first-order chi connectivity index (χ1) is 18.0. The molecule has 1 saturated heterocycles. The van der Waals surface area contributed by atoms with Crippen LogP contribution in [-0.4, -0.2) is 67.1 Å². The smallest absolute Gasteiger partial charge is 0.351 e. The van der Waals surface area contributed by atoms with Crippen LogP contribution in [-0.2, 0) is 20.9 Å². The molecule has 2 aliphatic rings. The van der Waals surface area contributed by atoms with Gasteiger partial charge in [0.05, 0.1) is 22.6 Å². The quantitative estimate of drug-likeness (QED) is 0.359. The van der Waals surface area contributed by atoms with E-state index in [4.69, 9.17) is 14.7 Å². The van der Waals surface area contributed by atoms with Gasteiger partial charge < -0.3 is 15.5 Å². The molecule has 5 rings (SSSR count). The van der Waals surface area contributed by atoms with Crippen molar-refractivity contribution in [2.45, 2.75) is 19.3 Å². The molecule has 0 bridgehead atoms. The molecule has 2 N–H and O–H groups in total. The van der Waals surface area contributed by atoms with E-state index in [1.807, 2.05) is 30.3 Å². The molecule has 3 heterocycles. The first kappa shape index (κ1) is 25.0. The maximum absolute atomic E-state index is 13.0. The van der Waals surface area contributed by atoms with Gasteiger partial charge in [0.1, 0.15) is 14.2 Å². The Morgan fingerprint density at radius 2 is 1.86 bits per heavy atom. The molecule has 10 heteroatoms. The number of rotatable bonds is 8. The van der Waals surface area contributed by atoms with Crippen molar-refractivity contribution < 1.29 is 19.3 Å². The number of quaternary nitrogens is 1. The number of carbonyl (C=O) groups is 2. The summed E-state index contributed by atoms with van der Waals surface area (Å²) >= 11 is 0. The van der Waals surface area contributed by atoms with Crippen LogP contribution in [0.1, 0.15) is 28.8 Å². The van der Waals surface area contributed by atoms with Gasteiger partial charge in [-0.05, 0) is 44.1 Å². The monoisotopic (exact) mass is 503 g/mol. The molecule has 1 aromatic heterocycles. The fourth-order valence-electron chi connectivity index (χ4n) is 4.88. The number of carbonyl (C=O) groups excluding carboxylic acids is 2. The number of fused-ring (bicyclic) bond motifs is 3. The van der Waals surface area contributed by atoms with E-state index in [-0.39, 0.29) is 24.2 Å². The number of para-hydroxylation sites is 1. The van der Waals surface area contributed by atoms with Gasteiger partial charge >= 0.3 is 5.95 Å². The second-order valence-electron chi connectivity index (χ2n) is 9.09. The molecule has 2 aliphatic heterocycles. The number of nitrogens with zero attached hydrogens (tertiary/aromatic N) is 4. The van der Waals surface area contributed by atoms with E-state index in [1.165, 1.54) is 27.1 Å². The Bertz CT molecular complexity index is 1290. The van der Waals surface area contributed by atoms with Crippen LogP contribution in [0.15, 0.2) is 54.7 Å². The lowest BCUT2D eigenvalue weighted by molar-refractivity contribution is -0.290. The van der Waals surface area contributed by atoms with Gasteiger partial charge in [-0.1, -0.05) is 18.2 Å². The highest BCUT2D eigenvalue weighted by atomic mass is 17.0. The minimum atomic E-state index is -0.512. The maximum Gasteiger partial charge on any atom is 0.403 e. The third kappa shape index (κ3) is 4.96. The van der Waals surface area contributed by atoms with Crippen LogP contribution < -0.4 is 15.4 Å². The van der Waals surface area contributed by atoms with Gasteiger partial charge in [-0.25, -0.2) is 0 Å². The largest absolute Gasteiger partial charge is 0.403 e. The molecular formula is C27H31N6O4+. The summed E-state index contributed by atoms with van der Waals surface area (Å²) in [4.78, 5) is 48.3. The zero-order chi connectivity index (χ0) is 25.8. The average molecular weight is 504 g/mol. The normalized spacial score (nSPS) is 15.5. The third-order valence-corrected chi connectivity index (χ3v) is 6.80. The minimum Gasteiger partial charge on any atom is -0.351 e. The Morgan fingerprint density at radius 3 is 2.59 bits per heavy atom. The number of benzene rings is 2. The van der Waals surface area contributed by atoms with E-state index in [1.54, 1.807) is 24.4 Å². The Hall–Kier alpha value is -3.70. The number of likely N-dealkylation sites (tertiary alicyclic amines) is 1. The highest BCUT2D eigenvalue weighted by Gasteiger charge is 2.41. The molecule has 0 saturated carbocycles. The topological polar surface area (TPSA) is 106 Å². The van der Waals surface area contributed by atoms with Crippen LogP contribution in [0.2, 0.25) is 0 Å². The molecule has 37 heavy (non-hydrogen) atoms. The number of hydrogen-bond donors (Lipinski definition) is 2. The summed E-state index contributed by atoms with van der Waals surface area (Å²) in [7, 11) is 3.02. The summed E-state index contributed by atoms with van der Waals surface area (Å²) in [5, 5.41) is 5.93. The Labute approximate surface area is 215 Å². The molecule has 0 unspecified atom stereocenters. The summed E-state index contributed by atoms with van der Waals surface area (Å²) in [6.45, 7) is 3.58. The van der Waals surface area contributed by atoms with Gasteiger partial charge in [0, 0.05) is 48.1 Å². The van der Waals surface area contributed by atoms with Crippen molar-refractivity contribution in [1.82, 2.24) is 25.0 Å². The predicted molar refractivity (Wildman–Crippen MR) is 140 cm³/mol. The van der Waals surface area contributed by atoms with Crippen molar-refractivity contribution in [3.05, 3.63) is 65.9 Å². The molecule has 0 aliphatic carbocycles. The zero-order valence-corrected chi connectivity index (χ0v) is 21.1. The molecule has 192 valence electrons. The van der Waals surface area contributed by atoms with E-state index in [9.17, 15) is 9.59 Å². The Morgan fingerprint density at radius 1 is 1.11 bits per heavy atom. The van der Waals surface area contributed by atoms with Crippen molar-refractivity contribution in [2.24, 2.45) is 0 Å². The van der Waals surface area contributed by atoms with Crippen molar-refractivity contribution in [1.29, 1.82) is 0 Å². The SMILES string of the molecule is CO[N+](OC)(c1ccccc1)c1ncc2c(n1)-c1cc(C(=O)NCCN3CCCC3)ccc1NC(=O)C2. The molecule has 0 atom stereocenters. The molecule has 2 aromatic carbocycles. The van der Waals surface area contributed by atoms with Crippen molar-refractivity contribution >= 4 is 29.1 Å². The number of hydrogen-bond acceptors (Lipinski definition) is 7. The van der Waals surface area contributed by atoms with Gasteiger partial charge in [0.25, 0.3) is 5.91 Å². The van der Waals surface area contributed by atoms with Crippen LogP contribution in [0, 0.1) is 0 Å². The summed E-state index contributed by atoms with van der Waals surface area (Å²) < 4.78 is 0. The maximum atomic E-state index is 13.0. The first-order valence-corrected chi connectivity index (χ1v) is 12.4.